The van der Waals surface area contributed by atoms with E-state index in [1.807, 2.05) is 4.90 Å². The maximum atomic E-state index is 12.9. The van der Waals surface area contributed by atoms with Gasteiger partial charge in [0.1, 0.15) is 5.82 Å². The van der Waals surface area contributed by atoms with Crippen LogP contribution in [0.4, 0.5) is 10.1 Å². The number of piperidine rings is 2. The van der Waals surface area contributed by atoms with E-state index in [1.54, 1.807) is 12.1 Å². The lowest BCUT2D eigenvalue weighted by molar-refractivity contribution is -0.139. The summed E-state index contributed by atoms with van der Waals surface area (Å²) in [6.45, 7) is 3.28. The van der Waals surface area contributed by atoms with Gasteiger partial charge in [-0.05, 0) is 50.6 Å². The zero-order chi connectivity index (χ0) is 17.2. The average molecular weight is 335 g/mol. The number of amides is 1. The Hall–Kier alpha value is -1.66. The number of hydrogen-bond donors (Lipinski definition) is 2. The SMILES string of the molecule is CN1CC[C@H](O)[C@@]2(CCCN(C(=O)CNc3ccc(F)cc3)C2)C1. The molecule has 2 saturated heterocycles. The van der Waals surface area contributed by atoms with Crippen LogP contribution in [-0.4, -0.2) is 66.7 Å². The van der Waals surface area contributed by atoms with Gasteiger partial charge in [0.05, 0.1) is 12.6 Å². The number of anilines is 1. The number of aliphatic hydroxyl groups is 1. The second-order valence-electron chi connectivity index (χ2n) is 7.18. The molecule has 2 fully saturated rings. The number of aliphatic hydroxyl groups excluding tert-OH is 1. The summed E-state index contributed by atoms with van der Waals surface area (Å²) in [5.74, 6) is -0.265. The molecule has 132 valence electrons. The number of halogens is 1. The summed E-state index contributed by atoms with van der Waals surface area (Å²) in [6, 6.07) is 5.99. The monoisotopic (exact) mass is 335 g/mol. The van der Waals surface area contributed by atoms with Crippen molar-refractivity contribution in [3.8, 4) is 0 Å². The summed E-state index contributed by atoms with van der Waals surface area (Å²) in [5, 5.41) is 13.6. The smallest absolute Gasteiger partial charge is 0.241 e. The van der Waals surface area contributed by atoms with E-state index in [-0.39, 0.29) is 29.8 Å². The van der Waals surface area contributed by atoms with Crippen LogP contribution in [0.1, 0.15) is 19.3 Å². The van der Waals surface area contributed by atoms with Gasteiger partial charge in [0.2, 0.25) is 5.91 Å². The molecule has 0 aromatic heterocycles. The Labute approximate surface area is 142 Å². The van der Waals surface area contributed by atoms with Crippen molar-refractivity contribution in [2.45, 2.75) is 25.4 Å². The first-order valence-corrected chi connectivity index (χ1v) is 8.62. The van der Waals surface area contributed by atoms with Crippen LogP contribution >= 0.6 is 0 Å². The van der Waals surface area contributed by atoms with Crippen LogP contribution in [0.2, 0.25) is 0 Å². The molecule has 0 bridgehead atoms. The third kappa shape index (κ3) is 3.70. The van der Waals surface area contributed by atoms with Gasteiger partial charge in [-0.25, -0.2) is 4.39 Å². The van der Waals surface area contributed by atoms with E-state index >= 15 is 0 Å². The second kappa shape index (κ2) is 7.07. The first-order chi connectivity index (χ1) is 11.5. The third-order valence-electron chi connectivity index (χ3n) is 5.33. The highest BCUT2D eigenvalue weighted by atomic mass is 19.1. The van der Waals surface area contributed by atoms with Crippen LogP contribution in [0.3, 0.4) is 0 Å². The highest BCUT2D eigenvalue weighted by molar-refractivity contribution is 5.81. The van der Waals surface area contributed by atoms with Crippen LogP contribution in [-0.2, 0) is 4.79 Å². The van der Waals surface area contributed by atoms with E-state index in [4.69, 9.17) is 0 Å². The molecule has 1 aromatic rings. The molecule has 0 unspecified atom stereocenters. The highest BCUT2D eigenvalue weighted by Crippen LogP contribution is 2.38. The summed E-state index contributed by atoms with van der Waals surface area (Å²) >= 11 is 0. The van der Waals surface area contributed by atoms with Crippen molar-refractivity contribution in [1.82, 2.24) is 9.80 Å². The summed E-state index contributed by atoms with van der Waals surface area (Å²) in [5.41, 5.74) is 0.533. The van der Waals surface area contributed by atoms with Gasteiger partial charge in [-0.2, -0.15) is 0 Å². The molecule has 2 N–H and O–H groups in total. The number of hydrogen-bond acceptors (Lipinski definition) is 4. The molecule has 6 heteroatoms. The minimum absolute atomic E-state index is 0.0267. The lowest BCUT2D eigenvalue weighted by Crippen LogP contribution is -2.59. The Morgan fingerprint density at radius 2 is 2.08 bits per heavy atom. The lowest BCUT2D eigenvalue weighted by Gasteiger charge is -2.50. The topological polar surface area (TPSA) is 55.8 Å². The number of nitrogens with one attached hydrogen (secondary N) is 1. The fraction of sp³-hybridized carbons (Fsp3) is 0.611. The number of carbonyl (C=O) groups is 1. The van der Waals surface area contributed by atoms with E-state index < -0.39 is 0 Å². The molecule has 2 atom stereocenters. The predicted molar refractivity (Wildman–Crippen MR) is 91.3 cm³/mol. The summed E-state index contributed by atoms with van der Waals surface area (Å²) < 4.78 is 12.9. The third-order valence-corrected chi connectivity index (χ3v) is 5.33. The van der Waals surface area contributed by atoms with Crippen LogP contribution < -0.4 is 5.32 Å². The van der Waals surface area contributed by atoms with Crippen LogP contribution in [0.5, 0.6) is 0 Å². The summed E-state index contributed by atoms with van der Waals surface area (Å²) in [7, 11) is 2.07. The van der Waals surface area contributed by atoms with Crippen molar-refractivity contribution in [2.75, 3.05) is 45.1 Å². The molecule has 2 aliphatic rings. The van der Waals surface area contributed by atoms with E-state index in [9.17, 15) is 14.3 Å². The van der Waals surface area contributed by atoms with Crippen molar-refractivity contribution in [3.63, 3.8) is 0 Å². The normalized spacial score (nSPS) is 28.1. The van der Waals surface area contributed by atoms with Gasteiger partial charge in [0, 0.05) is 37.3 Å². The van der Waals surface area contributed by atoms with Gasteiger partial charge in [-0.15, -0.1) is 0 Å². The second-order valence-corrected chi connectivity index (χ2v) is 7.18. The maximum absolute atomic E-state index is 12.9. The number of benzene rings is 1. The zero-order valence-corrected chi connectivity index (χ0v) is 14.2. The Morgan fingerprint density at radius 3 is 2.83 bits per heavy atom. The fourth-order valence-corrected chi connectivity index (χ4v) is 4.00. The Morgan fingerprint density at radius 1 is 1.33 bits per heavy atom. The van der Waals surface area contributed by atoms with Gasteiger partial charge >= 0.3 is 0 Å². The van der Waals surface area contributed by atoms with E-state index in [0.717, 1.165) is 44.6 Å². The standard InChI is InChI=1S/C18H26FN3O2/c1-21-10-7-16(23)18(12-21)8-2-9-22(13-18)17(24)11-20-15-5-3-14(19)4-6-15/h3-6,16,20,23H,2,7-13H2,1H3/t16-,18-/m0/s1. The predicted octanol–water partition coefficient (Wildman–Crippen LogP) is 1.54. The molecule has 5 nitrogen and oxygen atoms in total. The summed E-state index contributed by atoms with van der Waals surface area (Å²) in [4.78, 5) is 16.7. The summed E-state index contributed by atoms with van der Waals surface area (Å²) in [6.07, 6.45) is 2.32. The fourth-order valence-electron chi connectivity index (χ4n) is 4.00. The van der Waals surface area contributed by atoms with Gasteiger partial charge in [-0.3, -0.25) is 4.79 Å². The zero-order valence-electron chi connectivity index (χ0n) is 14.2. The highest BCUT2D eigenvalue weighted by Gasteiger charge is 2.45. The van der Waals surface area contributed by atoms with Crippen LogP contribution in [0.15, 0.2) is 24.3 Å². The molecule has 0 aliphatic carbocycles. The quantitative estimate of drug-likeness (QED) is 0.880. The number of likely N-dealkylation sites (tertiary alicyclic amines) is 2. The molecular formula is C18H26FN3O2. The van der Waals surface area contributed by atoms with E-state index in [0.29, 0.717) is 6.54 Å². The number of rotatable bonds is 3. The van der Waals surface area contributed by atoms with Gasteiger partial charge in [0.25, 0.3) is 0 Å². The minimum atomic E-state index is -0.339. The molecule has 1 aromatic carbocycles. The van der Waals surface area contributed by atoms with Crippen molar-refractivity contribution < 1.29 is 14.3 Å². The molecule has 1 amide bonds. The first-order valence-electron chi connectivity index (χ1n) is 8.62. The number of carbonyl (C=O) groups excluding carboxylic acids is 1. The van der Waals surface area contributed by atoms with Crippen molar-refractivity contribution in [3.05, 3.63) is 30.1 Å². The molecule has 2 heterocycles. The van der Waals surface area contributed by atoms with E-state index in [1.165, 1.54) is 12.1 Å². The average Bonchev–Trinajstić information content (AvgIpc) is 2.58. The molecule has 1 spiro atoms. The van der Waals surface area contributed by atoms with Crippen LogP contribution in [0, 0.1) is 11.2 Å². The first kappa shape index (κ1) is 17.2. The largest absolute Gasteiger partial charge is 0.392 e. The number of nitrogens with zero attached hydrogens (tertiary/aromatic N) is 2. The Kier molecular flexibility index (Phi) is 5.06. The van der Waals surface area contributed by atoms with Crippen molar-refractivity contribution in [2.24, 2.45) is 5.41 Å². The Balaban J connectivity index is 1.59. The molecule has 2 aliphatic heterocycles. The maximum Gasteiger partial charge on any atom is 0.241 e. The van der Waals surface area contributed by atoms with E-state index in [2.05, 4.69) is 17.3 Å². The molecule has 0 radical (unpaired) electrons. The molecule has 3 rings (SSSR count). The molecule has 24 heavy (non-hydrogen) atoms. The molecule has 0 saturated carbocycles. The van der Waals surface area contributed by atoms with Gasteiger partial charge in [-0.1, -0.05) is 0 Å². The van der Waals surface area contributed by atoms with Crippen LogP contribution in [0.25, 0.3) is 0 Å². The van der Waals surface area contributed by atoms with Crippen molar-refractivity contribution >= 4 is 11.6 Å². The lowest BCUT2D eigenvalue weighted by atomic mass is 9.71. The Bertz CT molecular complexity index is 580. The van der Waals surface area contributed by atoms with Gasteiger partial charge < -0.3 is 20.2 Å². The molecular weight excluding hydrogens is 309 g/mol. The van der Waals surface area contributed by atoms with Gasteiger partial charge in [0.15, 0.2) is 0 Å². The minimum Gasteiger partial charge on any atom is -0.392 e. The van der Waals surface area contributed by atoms with Crippen molar-refractivity contribution in [1.29, 1.82) is 0 Å².